The first-order chi connectivity index (χ1) is 8.66. The summed E-state index contributed by atoms with van der Waals surface area (Å²) in [5.74, 6) is 1.14. The largest absolute Gasteiger partial charge is 0.265 e. The Hall–Kier alpha value is -1.63. The third kappa shape index (κ3) is 3.19. The van der Waals surface area contributed by atoms with Crippen LogP contribution in [0.15, 0.2) is 48.8 Å². The van der Waals surface area contributed by atoms with E-state index in [9.17, 15) is 0 Å². The van der Waals surface area contributed by atoms with E-state index in [4.69, 9.17) is 0 Å². The van der Waals surface area contributed by atoms with Crippen molar-refractivity contribution in [1.29, 1.82) is 0 Å². The second-order valence-corrected chi connectivity index (χ2v) is 5.29. The molecule has 1 aromatic heterocycles. The molecule has 0 fully saturated rings. The van der Waals surface area contributed by atoms with Crippen LogP contribution in [-0.4, -0.2) is 4.98 Å². The zero-order chi connectivity index (χ0) is 13.0. The molecular formula is C17H21N. The van der Waals surface area contributed by atoms with Gasteiger partial charge in [0.2, 0.25) is 0 Å². The van der Waals surface area contributed by atoms with Gasteiger partial charge in [-0.2, -0.15) is 0 Å². The summed E-state index contributed by atoms with van der Waals surface area (Å²) in [5, 5.41) is 0. The summed E-state index contributed by atoms with van der Waals surface area (Å²) < 4.78 is 0. The highest BCUT2D eigenvalue weighted by Crippen LogP contribution is 2.22. The molecular weight excluding hydrogens is 218 g/mol. The van der Waals surface area contributed by atoms with Crippen LogP contribution in [0.5, 0.6) is 0 Å². The molecule has 0 bridgehead atoms. The number of rotatable bonds is 4. The van der Waals surface area contributed by atoms with Gasteiger partial charge < -0.3 is 0 Å². The van der Waals surface area contributed by atoms with Gasteiger partial charge in [-0.15, -0.1) is 0 Å². The smallest absolute Gasteiger partial charge is 0.0270 e. The Labute approximate surface area is 110 Å². The first kappa shape index (κ1) is 12.8. The van der Waals surface area contributed by atoms with Gasteiger partial charge in [0.25, 0.3) is 0 Å². The number of benzene rings is 1. The summed E-state index contributed by atoms with van der Waals surface area (Å²) in [7, 11) is 0. The van der Waals surface area contributed by atoms with Crippen LogP contribution in [0.25, 0.3) is 0 Å². The molecule has 0 aliphatic heterocycles. The lowest BCUT2D eigenvalue weighted by Gasteiger charge is -2.13. The molecule has 0 amide bonds. The fourth-order valence-electron chi connectivity index (χ4n) is 2.24. The molecule has 94 valence electrons. The van der Waals surface area contributed by atoms with Gasteiger partial charge in [0, 0.05) is 12.4 Å². The lowest BCUT2D eigenvalue weighted by Crippen LogP contribution is -1.99. The normalized spacial score (nSPS) is 12.7. The third-order valence-corrected chi connectivity index (χ3v) is 3.43. The predicted molar refractivity (Wildman–Crippen MR) is 76.9 cm³/mol. The lowest BCUT2D eigenvalue weighted by atomic mass is 9.92. The van der Waals surface area contributed by atoms with E-state index in [2.05, 4.69) is 62.2 Å². The van der Waals surface area contributed by atoms with Crippen LogP contribution in [0.4, 0.5) is 0 Å². The molecule has 0 spiro atoms. The molecule has 1 unspecified atom stereocenters. The van der Waals surface area contributed by atoms with Crippen molar-refractivity contribution in [2.75, 3.05) is 0 Å². The van der Waals surface area contributed by atoms with E-state index in [1.807, 2.05) is 12.4 Å². The van der Waals surface area contributed by atoms with Crippen molar-refractivity contribution < 1.29 is 0 Å². The second-order valence-electron chi connectivity index (χ2n) is 5.29. The van der Waals surface area contributed by atoms with Crippen LogP contribution in [0, 0.1) is 0 Å². The topological polar surface area (TPSA) is 12.9 Å². The van der Waals surface area contributed by atoms with Gasteiger partial charge >= 0.3 is 0 Å². The highest BCUT2D eigenvalue weighted by molar-refractivity contribution is 5.28. The fourth-order valence-corrected chi connectivity index (χ4v) is 2.24. The first-order valence-electron chi connectivity index (χ1n) is 6.65. The molecule has 0 saturated carbocycles. The quantitative estimate of drug-likeness (QED) is 0.762. The maximum atomic E-state index is 4.07. The minimum Gasteiger partial charge on any atom is -0.265 e. The molecule has 18 heavy (non-hydrogen) atoms. The molecule has 0 saturated heterocycles. The monoisotopic (exact) mass is 239 g/mol. The van der Waals surface area contributed by atoms with Crippen LogP contribution in [0.2, 0.25) is 0 Å². The molecule has 1 nitrogen and oxygen atoms in total. The zero-order valence-electron chi connectivity index (χ0n) is 11.4. The number of pyridine rings is 1. The summed E-state index contributed by atoms with van der Waals surface area (Å²) in [6.07, 6.45) is 4.83. The maximum absolute atomic E-state index is 4.07. The molecule has 1 heteroatoms. The van der Waals surface area contributed by atoms with Gasteiger partial charge in [0.05, 0.1) is 0 Å². The number of hydrogen-bond acceptors (Lipinski definition) is 1. The Kier molecular flexibility index (Phi) is 4.14. The predicted octanol–water partition coefficient (Wildman–Crippen LogP) is 4.55. The average molecular weight is 239 g/mol. The third-order valence-electron chi connectivity index (χ3n) is 3.43. The maximum Gasteiger partial charge on any atom is 0.0270 e. The molecule has 0 radical (unpaired) electrons. The Morgan fingerprint density at radius 2 is 1.67 bits per heavy atom. The van der Waals surface area contributed by atoms with Crippen molar-refractivity contribution in [2.24, 2.45) is 0 Å². The van der Waals surface area contributed by atoms with E-state index in [0.717, 1.165) is 6.42 Å². The summed E-state index contributed by atoms with van der Waals surface area (Å²) in [6.45, 7) is 6.76. The van der Waals surface area contributed by atoms with E-state index in [1.54, 1.807) is 0 Å². The lowest BCUT2D eigenvalue weighted by molar-refractivity contribution is 0.753. The van der Waals surface area contributed by atoms with Gasteiger partial charge in [-0.3, -0.25) is 4.98 Å². The minimum absolute atomic E-state index is 0.537. The highest BCUT2D eigenvalue weighted by atomic mass is 14.6. The SMILES string of the molecule is CC(C)c1cccc(CC(C)c2ccncc2)c1. The summed E-state index contributed by atoms with van der Waals surface area (Å²) in [4.78, 5) is 4.07. The van der Waals surface area contributed by atoms with Crippen LogP contribution < -0.4 is 0 Å². The molecule has 2 aromatic rings. The number of nitrogens with zero attached hydrogens (tertiary/aromatic N) is 1. The fraction of sp³-hybridized carbons (Fsp3) is 0.353. The Bertz CT molecular complexity index is 488. The molecule has 0 aliphatic rings. The minimum atomic E-state index is 0.537. The van der Waals surface area contributed by atoms with Crippen LogP contribution in [-0.2, 0) is 6.42 Å². The highest BCUT2D eigenvalue weighted by Gasteiger charge is 2.07. The molecule has 1 aromatic carbocycles. The number of hydrogen-bond donors (Lipinski definition) is 0. The molecule has 1 heterocycles. The molecule has 0 aliphatic carbocycles. The van der Waals surface area contributed by atoms with Crippen molar-refractivity contribution >= 4 is 0 Å². The second kappa shape index (κ2) is 5.81. The Morgan fingerprint density at radius 3 is 2.33 bits per heavy atom. The Balaban J connectivity index is 2.12. The summed E-state index contributed by atoms with van der Waals surface area (Å²) in [6, 6.07) is 13.2. The van der Waals surface area contributed by atoms with Crippen LogP contribution in [0.1, 0.15) is 49.3 Å². The van der Waals surface area contributed by atoms with Crippen molar-refractivity contribution in [3.05, 3.63) is 65.5 Å². The van der Waals surface area contributed by atoms with E-state index in [-0.39, 0.29) is 0 Å². The van der Waals surface area contributed by atoms with Gasteiger partial charge in [0.1, 0.15) is 0 Å². The Morgan fingerprint density at radius 1 is 0.944 bits per heavy atom. The first-order valence-corrected chi connectivity index (χ1v) is 6.65. The average Bonchev–Trinajstić information content (AvgIpc) is 2.40. The van der Waals surface area contributed by atoms with Gasteiger partial charge in [-0.05, 0) is 47.1 Å². The van der Waals surface area contributed by atoms with Gasteiger partial charge in [-0.1, -0.05) is 45.0 Å². The number of aromatic nitrogens is 1. The van der Waals surface area contributed by atoms with Crippen molar-refractivity contribution in [1.82, 2.24) is 4.98 Å². The van der Waals surface area contributed by atoms with E-state index >= 15 is 0 Å². The van der Waals surface area contributed by atoms with Crippen molar-refractivity contribution in [2.45, 2.75) is 39.0 Å². The van der Waals surface area contributed by atoms with Crippen LogP contribution in [0.3, 0.4) is 0 Å². The molecule has 0 N–H and O–H groups in total. The van der Waals surface area contributed by atoms with Crippen molar-refractivity contribution in [3.63, 3.8) is 0 Å². The van der Waals surface area contributed by atoms with E-state index in [1.165, 1.54) is 16.7 Å². The van der Waals surface area contributed by atoms with Gasteiger partial charge in [0.15, 0.2) is 0 Å². The molecule has 1 atom stereocenters. The zero-order valence-corrected chi connectivity index (χ0v) is 11.4. The molecule has 2 rings (SSSR count). The summed E-state index contributed by atoms with van der Waals surface area (Å²) >= 11 is 0. The van der Waals surface area contributed by atoms with Crippen molar-refractivity contribution in [3.8, 4) is 0 Å². The van der Waals surface area contributed by atoms with E-state index in [0.29, 0.717) is 11.8 Å². The van der Waals surface area contributed by atoms with E-state index < -0.39 is 0 Å². The summed E-state index contributed by atoms with van der Waals surface area (Å²) in [5.41, 5.74) is 4.21. The standard InChI is InChI=1S/C17H21N/c1-13(2)17-6-4-5-15(12-17)11-14(3)16-7-9-18-10-8-16/h4-10,12-14H,11H2,1-3H3. The van der Waals surface area contributed by atoms with Gasteiger partial charge in [-0.25, -0.2) is 0 Å². The van der Waals surface area contributed by atoms with Crippen LogP contribution >= 0.6 is 0 Å².